The number of methoxy groups -OCH3 is 2. The van der Waals surface area contributed by atoms with Gasteiger partial charge in [-0.1, -0.05) is 35.9 Å². The second-order valence-electron chi connectivity index (χ2n) is 8.52. The predicted molar refractivity (Wildman–Crippen MR) is 129 cm³/mol. The van der Waals surface area contributed by atoms with Gasteiger partial charge >= 0.3 is 0 Å². The van der Waals surface area contributed by atoms with Crippen LogP contribution in [0.2, 0.25) is 0 Å². The lowest BCUT2D eigenvalue weighted by molar-refractivity contribution is 0.216. The average Bonchev–Trinajstić information content (AvgIpc) is 3.35. The van der Waals surface area contributed by atoms with Crippen molar-refractivity contribution in [2.24, 2.45) is 0 Å². The molecule has 8 heteroatoms. The lowest BCUT2D eigenvalue weighted by Crippen LogP contribution is -2.32. The molecule has 0 radical (unpaired) electrons. The highest BCUT2D eigenvalue weighted by Gasteiger charge is 2.42. The van der Waals surface area contributed by atoms with Crippen molar-refractivity contribution in [1.29, 1.82) is 0 Å². The Bertz CT molecular complexity index is 1460. The molecule has 2 aliphatic heterocycles. The number of ether oxygens (including phenoxy) is 3. The summed E-state index contributed by atoms with van der Waals surface area (Å²) in [6.45, 7) is 2.04. The molecule has 0 spiro atoms. The number of halogens is 1. The minimum Gasteiger partial charge on any atom is -0.493 e. The summed E-state index contributed by atoms with van der Waals surface area (Å²) in [4.78, 5) is 4.44. The van der Waals surface area contributed by atoms with Gasteiger partial charge in [0, 0.05) is 16.7 Å². The average molecular weight is 471 g/mol. The third kappa shape index (κ3) is 3.32. The van der Waals surface area contributed by atoms with Gasteiger partial charge in [0.25, 0.3) is 0 Å². The zero-order valence-corrected chi connectivity index (χ0v) is 19.4. The van der Waals surface area contributed by atoms with E-state index in [-0.39, 0.29) is 11.9 Å². The molecule has 35 heavy (non-hydrogen) atoms. The van der Waals surface area contributed by atoms with E-state index >= 15 is 0 Å². The van der Waals surface area contributed by atoms with Crippen molar-refractivity contribution in [3.63, 3.8) is 0 Å². The Kier molecular flexibility index (Phi) is 4.95. The summed E-state index contributed by atoms with van der Waals surface area (Å²) in [5, 5.41) is 7.99. The van der Waals surface area contributed by atoms with Crippen LogP contribution in [0, 0.1) is 12.7 Å². The van der Waals surface area contributed by atoms with Crippen LogP contribution in [0.25, 0.3) is 5.70 Å². The zero-order chi connectivity index (χ0) is 24.1. The Morgan fingerprint density at radius 1 is 1.03 bits per heavy atom. The fourth-order valence-corrected chi connectivity index (χ4v) is 4.93. The summed E-state index contributed by atoms with van der Waals surface area (Å²) < 4.78 is 33.7. The van der Waals surface area contributed by atoms with Crippen LogP contribution < -0.4 is 19.5 Å². The quantitative estimate of drug-likeness (QED) is 0.436. The molecular formula is C27H23FN4O3. The number of nitrogens with zero attached hydrogens (tertiary/aromatic N) is 3. The molecule has 0 amide bonds. The first-order valence-corrected chi connectivity index (χ1v) is 11.2. The van der Waals surface area contributed by atoms with Crippen LogP contribution in [-0.2, 0) is 0 Å². The number of rotatable bonds is 4. The highest BCUT2D eigenvalue weighted by molar-refractivity contribution is 5.85. The Hall–Kier alpha value is -4.33. The highest BCUT2D eigenvalue weighted by Crippen LogP contribution is 2.52. The SMILES string of the molecule is COc1cccc(C2Oc3ccc(C)cc3C3=C2C(c2ccc(F)cc2)n2ncnc2N3)c1OC. The Balaban J connectivity index is 1.65. The van der Waals surface area contributed by atoms with E-state index in [0.717, 1.165) is 39.3 Å². The van der Waals surface area contributed by atoms with E-state index in [1.165, 1.54) is 18.5 Å². The molecule has 3 heterocycles. The van der Waals surface area contributed by atoms with Crippen molar-refractivity contribution in [2.45, 2.75) is 19.1 Å². The number of aryl methyl sites for hydroxylation is 1. The second kappa shape index (κ2) is 8.16. The van der Waals surface area contributed by atoms with Crippen LogP contribution in [-0.4, -0.2) is 29.0 Å². The summed E-state index contributed by atoms with van der Waals surface area (Å²) in [7, 11) is 3.22. The number of benzene rings is 3. The van der Waals surface area contributed by atoms with Crippen LogP contribution in [0.3, 0.4) is 0 Å². The van der Waals surface area contributed by atoms with Crippen molar-refractivity contribution in [3.05, 3.63) is 101 Å². The van der Waals surface area contributed by atoms with Crippen LogP contribution in [0.1, 0.15) is 34.4 Å². The monoisotopic (exact) mass is 470 g/mol. The first-order valence-electron chi connectivity index (χ1n) is 11.2. The number of aromatic nitrogens is 3. The molecule has 0 aliphatic carbocycles. The smallest absolute Gasteiger partial charge is 0.226 e. The van der Waals surface area contributed by atoms with E-state index in [1.54, 1.807) is 31.0 Å². The summed E-state index contributed by atoms with van der Waals surface area (Å²) in [5.41, 5.74) is 5.50. The van der Waals surface area contributed by atoms with Gasteiger partial charge < -0.3 is 19.5 Å². The van der Waals surface area contributed by atoms with Gasteiger partial charge in [0.1, 0.15) is 23.9 Å². The Morgan fingerprint density at radius 3 is 2.63 bits per heavy atom. The number of anilines is 1. The van der Waals surface area contributed by atoms with Gasteiger partial charge in [-0.25, -0.2) is 9.07 Å². The molecule has 0 saturated heterocycles. The van der Waals surface area contributed by atoms with Crippen molar-refractivity contribution in [1.82, 2.24) is 14.8 Å². The first kappa shape index (κ1) is 21.2. The summed E-state index contributed by atoms with van der Waals surface area (Å²) >= 11 is 0. The molecule has 1 aromatic heterocycles. The van der Waals surface area contributed by atoms with E-state index in [4.69, 9.17) is 14.2 Å². The van der Waals surface area contributed by atoms with E-state index < -0.39 is 6.10 Å². The minimum atomic E-state index is -0.537. The third-order valence-electron chi connectivity index (χ3n) is 6.47. The maximum Gasteiger partial charge on any atom is 0.226 e. The number of hydrogen-bond acceptors (Lipinski definition) is 6. The number of fused-ring (bicyclic) bond motifs is 3. The number of para-hydroxylation sites is 1. The van der Waals surface area contributed by atoms with Gasteiger partial charge in [-0.05, 0) is 42.8 Å². The zero-order valence-electron chi connectivity index (χ0n) is 19.4. The van der Waals surface area contributed by atoms with E-state index in [2.05, 4.69) is 21.5 Å². The normalized spacial score (nSPS) is 18.1. The van der Waals surface area contributed by atoms with Crippen LogP contribution >= 0.6 is 0 Å². The molecule has 0 fully saturated rings. The van der Waals surface area contributed by atoms with Crippen molar-refractivity contribution < 1.29 is 18.6 Å². The lowest BCUT2D eigenvalue weighted by Gasteiger charge is -2.39. The topological polar surface area (TPSA) is 70.4 Å². The summed E-state index contributed by atoms with van der Waals surface area (Å²) in [6.07, 6.45) is 0.973. The fraction of sp³-hybridized carbons (Fsp3) is 0.185. The Morgan fingerprint density at radius 2 is 1.86 bits per heavy atom. The molecule has 2 atom stereocenters. The fourth-order valence-electron chi connectivity index (χ4n) is 4.93. The largest absolute Gasteiger partial charge is 0.493 e. The van der Waals surface area contributed by atoms with Gasteiger partial charge in [0.2, 0.25) is 5.95 Å². The van der Waals surface area contributed by atoms with E-state index in [0.29, 0.717) is 17.4 Å². The molecule has 7 nitrogen and oxygen atoms in total. The second-order valence-corrected chi connectivity index (χ2v) is 8.52. The molecule has 3 aromatic carbocycles. The summed E-state index contributed by atoms with van der Waals surface area (Å²) in [6, 6.07) is 17.9. The highest BCUT2D eigenvalue weighted by atomic mass is 19.1. The molecule has 176 valence electrons. The molecule has 4 aromatic rings. The van der Waals surface area contributed by atoms with Crippen LogP contribution in [0.15, 0.2) is 72.6 Å². The molecule has 1 N–H and O–H groups in total. The van der Waals surface area contributed by atoms with Crippen molar-refractivity contribution in [2.75, 3.05) is 19.5 Å². The van der Waals surface area contributed by atoms with Crippen LogP contribution in [0.4, 0.5) is 10.3 Å². The van der Waals surface area contributed by atoms with Gasteiger partial charge in [0.15, 0.2) is 17.6 Å². The maximum atomic E-state index is 13.9. The van der Waals surface area contributed by atoms with Crippen molar-refractivity contribution >= 4 is 11.6 Å². The van der Waals surface area contributed by atoms with Gasteiger partial charge in [-0.3, -0.25) is 0 Å². The van der Waals surface area contributed by atoms with Gasteiger partial charge in [-0.2, -0.15) is 10.1 Å². The maximum absolute atomic E-state index is 13.9. The molecule has 0 saturated carbocycles. The van der Waals surface area contributed by atoms with Gasteiger partial charge in [-0.15, -0.1) is 0 Å². The standard InChI is InChI=1S/C27H23FN4O3/c1-15-7-12-20-19(13-15)23-22(26(35-20)18-5-4-6-21(33-2)25(18)34-3)24(16-8-10-17(28)11-9-16)32-27(31-23)29-14-30-32/h4-14,24,26H,1-3H3,(H,29,30,31). The molecule has 0 bridgehead atoms. The third-order valence-corrected chi connectivity index (χ3v) is 6.47. The minimum absolute atomic E-state index is 0.303. The molecular weight excluding hydrogens is 447 g/mol. The number of nitrogens with one attached hydrogen (secondary N) is 1. The summed E-state index contributed by atoms with van der Waals surface area (Å²) in [5.74, 6) is 2.23. The first-order chi connectivity index (χ1) is 17.1. The molecule has 2 unspecified atom stereocenters. The lowest BCUT2D eigenvalue weighted by atomic mass is 9.84. The Labute approximate surface area is 201 Å². The van der Waals surface area contributed by atoms with E-state index in [1.807, 2.05) is 37.3 Å². The molecule has 6 rings (SSSR count). The van der Waals surface area contributed by atoms with Crippen LogP contribution in [0.5, 0.6) is 17.2 Å². The van der Waals surface area contributed by atoms with E-state index in [9.17, 15) is 4.39 Å². The van der Waals surface area contributed by atoms with Gasteiger partial charge in [0.05, 0.1) is 19.9 Å². The van der Waals surface area contributed by atoms with Crippen molar-refractivity contribution in [3.8, 4) is 17.2 Å². The predicted octanol–water partition coefficient (Wildman–Crippen LogP) is 5.30. The number of hydrogen-bond donors (Lipinski definition) is 1. The molecule has 2 aliphatic rings.